The van der Waals surface area contributed by atoms with Crippen molar-refractivity contribution in [3.8, 4) is 11.4 Å². The molecule has 1 saturated heterocycles. The first kappa shape index (κ1) is 18.9. The molecule has 0 radical (unpaired) electrons. The molecule has 2 amide bonds. The summed E-state index contributed by atoms with van der Waals surface area (Å²) in [5.41, 5.74) is 2.97. The van der Waals surface area contributed by atoms with Gasteiger partial charge in [-0.1, -0.05) is 36.4 Å². The van der Waals surface area contributed by atoms with Crippen LogP contribution in [0.3, 0.4) is 0 Å². The molecule has 7 heteroatoms. The van der Waals surface area contributed by atoms with E-state index in [-0.39, 0.29) is 11.8 Å². The van der Waals surface area contributed by atoms with Gasteiger partial charge < -0.3 is 9.80 Å². The number of hydrogen-bond donors (Lipinski definition) is 1. The van der Waals surface area contributed by atoms with Crippen LogP contribution in [-0.2, 0) is 11.2 Å². The number of benzene rings is 1. The molecule has 3 heterocycles. The van der Waals surface area contributed by atoms with Crippen LogP contribution in [0.5, 0.6) is 0 Å². The van der Waals surface area contributed by atoms with Crippen LogP contribution in [0.15, 0.2) is 60.8 Å². The van der Waals surface area contributed by atoms with E-state index in [2.05, 4.69) is 15.2 Å². The lowest BCUT2D eigenvalue weighted by atomic mass is 10.1. The van der Waals surface area contributed by atoms with Crippen LogP contribution in [-0.4, -0.2) is 63.0 Å². The predicted molar refractivity (Wildman–Crippen MR) is 109 cm³/mol. The van der Waals surface area contributed by atoms with Crippen molar-refractivity contribution in [3.63, 3.8) is 0 Å². The lowest BCUT2D eigenvalue weighted by Crippen LogP contribution is -2.50. The third-order valence-corrected chi connectivity index (χ3v) is 5.13. The van der Waals surface area contributed by atoms with Crippen LogP contribution in [0, 0.1) is 0 Å². The van der Waals surface area contributed by atoms with Gasteiger partial charge in [-0.05, 0) is 30.2 Å². The van der Waals surface area contributed by atoms with E-state index in [4.69, 9.17) is 0 Å². The zero-order valence-electron chi connectivity index (χ0n) is 16.1. The van der Waals surface area contributed by atoms with E-state index in [1.54, 1.807) is 17.2 Å². The van der Waals surface area contributed by atoms with Gasteiger partial charge in [0, 0.05) is 38.8 Å². The number of amides is 2. The summed E-state index contributed by atoms with van der Waals surface area (Å²) in [6.07, 6.45) is 2.93. The first-order valence-corrected chi connectivity index (χ1v) is 9.78. The van der Waals surface area contributed by atoms with Gasteiger partial charge in [-0.3, -0.25) is 19.7 Å². The number of aromatic amines is 1. The van der Waals surface area contributed by atoms with Crippen molar-refractivity contribution in [2.45, 2.75) is 12.8 Å². The molecule has 0 aliphatic carbocycles. The number of aromatic nitrogens is 3. The van der Waals surface area contributed by atoms with Gasteiger partial charge in [0.05, 0.1) is 5.69 Å². The Balaban J connectivity index is 1.29. The Bertz CT molecular complexity index is 963. The molecule has 0 atom stereocenters. The molecule has 4 rings (SSSR count). The van der Waals surface area contributed by atoms with E-state index in [1.807, 2.05) is 53.4 Å². The fourth-order valence-corrected chi connectivity index (χ4v) is 3.46. The van der Waals surface area contributed by atoms with Gasteiger partial charge in [0.25, 0.3) is 5.91 Å². The summed E-state index contributed by atoms with van der Waals surface area (Å²) in [5.74, 6) is 0.0380. The molecule has 1 fully saturated rings. The number of piperazine rings is 1. The number of carbonyl (C=O) groups excluding carboxylic acids is 2. The van der Waals surface area contributed by atoms with Crippen molar-refractivity contribution in [1.82, 2.24) is 25.0 Å². The Hall–Kier alpha value is -3.48. The third-order valence-electron chi connectivity index (χ3n) is 5.13. The average molecular weight is 389 g/mol. The SMILES string of the molecule is O=C(CCc1ccccc1)N1CCN(C(=O)c2cc(-c3ccccn3)n[nH]2)CC1. The largest absolute Gasteiger partial charge is 0.339 e. The van der Waals surface area contributed by atoms with Gasteiger partial charge in [0.2, 0.25) is 5.91 Å². The summed E-state index contributed by atoms with van der Waals surface area (Å²) in [5, 5.41) is 7.01. The average Bonchev–Trinajstić information content (AvgIpc) is 3.29. The highest BCUT2D eigenvalue weighted by molar-refractivity contribution is 5.93. The number of aryl methyl sites for hydroxylation is 1. The van der Waals surface area contributed by atoms with Crippen molar-refractivity contribution >= 4 is 11.8 Å². The molecule has 0 unspecified atom stereocenters. The number of pyridine rings is 1. The Labute approximate surface area is 169 Å². The number of nitrogens with zero attached hydrogens (tertiary/aromatic N) is 4. The molecule has 148 valence electrons. The third kappa shape index (κ3) is 4.51. The monoisotopic (exact) mass is 389 g/mol. The standard InChI is InChI=1S/C22H23N5O2/c28-21(10-9-17-6-2-1-3-7-17)26-12-14-27(15-13-26)22(29)20-16-19(24-25-20)18-8-4-5-11-23-18/h1-8,11,16H,9-10,12-15H2,(H,24,25). The zero-order valence-corrected chi connectivity index (χ0v) is 16.1. The molecular formula is C22H23N5O2. The molecule has 1 N–H and O–H groups in total. The van der Waals surface area contributed by atoms with Crippen molar-refractivity contribution < 1.29 is 9.59 Å². The highest BCUT2D eigenvalue weighted by Gasteiger charge is 2.25. The van der Waals surface area contributed by atoms with Crippen molar-refractivity contribution in [3.05, 3.63) is 72.1 Å². The molecule has 3 aromatic rings. The minimum Gasteiger partial charge on any atom is -0.339 e. The minimum absolute atomic E-state index is 0.101. The molecule has 0 bridgehead atoms. The van der Waals surface area contributed by atoms with E-state index in [0.29, 0.717) is 44.0 Å². The summed E-state index contributed by atoms with van der Waals surface area (Å²) >= 11 is 0. The van der Waals surface area contributed by atoms with Gasteiger partial charge in [-0.2, -0.15) is 5.10 Å². The van der Waals surface area contributed by atoms with E-state index >= 15 is 0 Å². The molecule has 0 saturated carbocycles. The fourth-order valence-electron chi connectivity index (χ4n) is 3.46. The van der Waals surface area contributed by atoms with E-state index in [0.717, 1.165) is 17.7 Å². The molecule has 2 aromatic heterocycles. The molecule has 29 heavy (non-hydrogen) atoms. The predicted octanol–water partition coefficient (Wildman–Crippen LogP) is 2.39. The van der Waals surface area contributed by atoms with Crippen molar-refractivity contribution in [2.75, 3.05) is 26.2 Å². The minimum atomic E-state index is -0.101. The molecule has 1 aromatic carbocycles. The van der Waals surface area contributed by atoms with E-state index in [1.165, 1.54) is 0 Å². The summed E-state index contributed by atoms with van der Waals surface area (Å²) < 4.78 is 0. The highest BCUT2D eigenvalue weighted by Crippen LogP contribution is 2.16. The van der Waals surface area contributed by atoms with Crippen LogP contribution < -0.4 is 0 Å². The van der Waals surface area contributed by atoms with E-state index < -0.39 is 0 Å². The van der Waals surface area contributed by atoms with Crippen molar-refractivity contribution in [2.24, 2.45) is 0 Å². The fraction of sp³-hybridized carbons (Fsp3) is 0.273. The maximum absolute atomic E-state index is 12.8. The summed E-state index contributed by atoms with van der Waals surface area (Å²) in [4.78, 5) is 33.1. The number of hydrogen-bond acceptors (Lipinski definition) is 4. The smallest absolute Gasteiger partial charge is 0.272 e. The number of H-pyrrole nitrogens is 1. The molecule has 1 aliphatic rings. The van der Waals surface area contributed by atoms with Crippen LogP contribution >= 0.6 is 0 Å². The molecular weight excluding hydrogens is 366 g/mol. The van der Waals surface area contributed by atoms with Crippen LogP contribution in [0.4, 0.5) is 0 Å². The molecule has 0 spiro atoms. The van der Waals surface area contributed by atoms with Gasteiger partial charge >= 0.3 is 0 Å². The summed E-state index contributed by atoms with van der Waals surface area (Å²) in [6, 6.07) is 17.3. The Morgan fingerprint density at radius 1 is 0.897 bits per heavy atom. The van der Waals surface area contributed by atoms with Gasteiger partial charge in [-0.15, -0.1) is 0 Å². The van der Waals surface area contributed by atoms with Gasteiger partial charge in [0.1, 0.15) is 11.4 Å². The number of rotatable bonds is 5. The van der Waals surface area contributed by atoms with Crippen LogP contribution in [0.2, 0.25) is 0 Å². The Morgan fingerprint density at radius 3 is 2.34 bits per heavy atom. The topological polar surface area (TPSA) is 82.2 Å². The maximum atomic E-state index is 12.8. The molecule has 7 nitrogen and oxygen atoms in total. The first-order valence-electron chi connectivity index (χ1n) is 9.78. The summed E-state index contributed by atoms with van der Waals surface area (Å²) in [7, 11) is 0. The molecule has 1 aliphatic heterocycles. The first-order chi connectivity index (χ1) is 14.2. The van der Waals surface area contributed by atoms with Crippen molar-refractivity contribution in [1.29, 1.82) is 0 Å². The van der Waals surface area contributed by atoms with Crippen LogP contribution in [0.1, 0.15) is 22.5 Å². The lowest BCUT2D eigenvalue weighted by Gasteiger charge is -2.34. The second-order valence-electron chi connectivity index (χ2n) is 7.04. The van der Waals surface area contributed by atoms with Crippen LogP contribution in [0.25, 0.3) is 11.4 Å². The number of nitrogens with one attached hydrogen (secondary N) is 1. The number of carbonyl (C=O) groups is 2. The lowest BCUT2D eigenvalue weighted by molar-refractivity contribution is -0.132. The normalized spacial score (nSPS) is 14.1. The highest BCUT2D eigenvalue weighted by atomic mass is 16.2. The Morgan fingerprint density at radius 2 is 1.62 bits per heavy atom. The van der Waals surface area contributed by atoms with Gasteiger partial charge in [0.15, 0.2) is 0 Å². The van der Waals surface area contributed by atoms with Gasteiger partial charge in [-0.25, -0.2) is 0 Å². The second-order valence-corrected chi connectivity index (χ2v) is 7.04. The van der Waals surface area contributed by atoms with E-state index in [9.17, 15) is 9.59 Å². The second kappa shape index (κ2) is 8.68. The quantitative estimate of drug-likeness (QED) is 0.726. The Kier molecular flexibility index (Phi) is 5.65. The maximum Gasteiger partial charge on any atom is 0.272 e. The summed E-state index contributed by atoms with van der Waals surface area (Å²) in [6.45, 7) is 2.16. The zero-order chi connectivity index (χ0) is 20.1.